The lowest BCUT2D eigenvalue weighted by Crippen LogP contribution is -2.31. The molecule has 0 aliphatic rings. The Morgan fingerprint density at radius 1 is 1.12 bits per heavy atom. The summed E-state index contributed by atoms with van der Waals surface area (Å²) in [6, 6.07) is 11.1. The lowest BCUT2D eigenvalue weighted by Gasteiger charge is -2.13. The third kappa shape index (κ3) is 5.47. The number of carbonyl (C=O) groups excluding carboxylic acids is 2. The number of halogens is 1. The Labute approximate surface area is 151 Å². The molecule has 0 radical (unpaired) electrons. The fraction of sp³-hybridized carbons (Fsp3) is 0.263. The molecule has 0 unspecified atom stereocenters. The Bertz CT molecular complexity index is 763. The molecule has 2 aromatic carbocycles. The minimum Gasteiger partial charge on any atom is -0.495 e. The third-order valence-corrected chi connectivity index (χ3v) is 3.78. The number of benzene rings is 2. The molecule has 0 aromatic heterocycles. The Morgan fingerprint density at radius 3 is 2.50 bits per heavy atom. The Morgan fingerprint density at radius 2 is 1.85 bits per heavy atom. The summed E-state index contributed by atoms with van der Waals surface area (Å²) in [6.07, 6.45) is 0.613. The first-order valence-corrected chi connectivity index (χ1v) is 8.18. The van der Waals surface area contributed by atoms with Crippen LogP contribution in [-0.4, -0.2) is 39.1 Å². The van der Waals surface area contributed by atoms with Crippen LogP contribution in [0.4, 0.5) is 10.1 Å². The van der Waals surface area contributed by atoms with E-state index in [0.717, 1.165) is 5.56 Å². The van der Waals surface area contributed by atoms with Gasteiger partial charge in [-0.1, -0.05) is 12.1 Å². The average Bonchev–Trinajstić information content (AvgIpc) is 2.67. The molecule has 2 aromatic rings. The molecule has 0 fully saturated rings. The monoisotopic (exact) mass is 359 g/mol. The van der Waals surface area contributed by atoms with E-state index in [1.165, 1.54) is 19.2 Å². The van der Waals surface area contributed by atoms with Gasteiger partial charge in [-0.15, -0.1) is 0 Å². The molecule has 26 heavy (non-hydrogen) atoms. The van der Waals surface area contributed by atoms with Crippen LogP contribution in [0.5, 0.6) is 5.75 Å². The minimum atomic E-state index is -0.282. The van der Waals surface area contributed by atoms with Crippen LogP contribution in [0.1, 0.15) is 15.9 Å². The summed E-state index contributed by atoms with van der Waals surface area (Å²) in [5.41, 5.74) is 1.97. The van der Waals surface area contributed by atoms with Crippen LogP contribution < -0.4 is 20.7 Å². The molecule has 2 amide bonds. The van der Waals surface area contributed by atoms with Crippen LogP contribution >= 0.6 is 0 Å². The molecule has 138 valence electrons. The Balaban J connectivity index is 1.86. The van der Waals surface area contributed by atoms with Gasteiger partial charge in [-0.25, -0.2) is 4.39 Å². The van der Waals surface area contributed by atoms with Crippen molar-refractivity contribution in [2.45, 2.75) is 6.42 Å². The SMILES string of the molecule is CNC(=O)c1ccc(OC)c(NCC(=O)NCCc2ccc(F)cc2)c1. The average molecular weight is 359 g/mol. The van der Waals surface area contributed by atoms with E-state index in [0.29, 0.717) is 30.0 Å². The number of hydrogen-bond donors (Lipinski definition) is 3. The van der Waals surface area contributed by atoms with Crippen molar-refractivity contribution in [1.82, 2.24) is 10.6 Å². The first-order chi connectivity index (χ1) is 12.5. The maximum absolute atomic E-state index is 12.8. The smallest absolute Gasteiger partial charge is 0.251 e. The zero-order chi connectivity index (χ0) is 18.9. The molecule has 0 heterocycles. The molecule has 0 aliphatic heterocycles. The highest BCUT2D eigenvalue weighted by atomic mass is 19.1. The standard InChI is InChI=1S/C19H22FN3O3/c1-21-19(25)14-5-8-17(26-2)16(11-14)23-12-18(24)22-10-9-13-3-6-15(20)7-4-13/h3-8,11,23H,9-10,12H2,1-2H3,(H,21,25)(H,22,24). The van der Waals surface area contributed by atoms with E-state index in [-0.39, 0.29) is 24.2 Å². The fourth-order valence-electron chi connectivity index (χ4n) is 2.37. The summed E-state index contributed by atoms with van der Waals surface area (Å²) < 4.78 is 18.1. The molecule has 0 saturated carbocycles. The molecule has 0 bridgehead atoms. The number of rotatable bonds is 8. The van der Waals surface area contributed by atoms with Gasteiger partial charge in [-0.05, 0) is 42.3 Å². The molecule has 3 N–H and O–H groups in total. The third-order valence-electron chi connectivity index (χ3n) is 3.78. The van der Waals surface area contributed by atoms with Crippen LogP contribution in [-0.2, 0) is 11.2 Å². The van der Waals surface area contributed by atoms with Crippen LogP contribution in [0.2, 0.25) is 0 Å². The van der Waals surface area contributed by atoms with Crippen molar-refractivity contribution in [3.8, 4) is 5.75 Å². The lowest BCUT2D eigenvalue weighted by atomic mass is 10.1. The van der Waals surface area contributed by atoms with Crippen molar-refractivity contribution >= 4 is 17.5 Å². The number of methoxy groups -OCH3 is 1. The normalized spacial score (nSPS) is 10.1. The van der Waals surface area contributed by atoms with E-state index >= 15 is 0 Å². The van der Waals surface area contributed by atoms with E-state index in [4.69, 9.17) is 4.74 Å². The predicted molar refractivity (Wildman–Crippen MR) is 98.0 cm³/mol. The summed E-state index contributed by atoms with van der Waals surface area (Å²) in [5, 5.41) is 8.31. The number of amides is 2. The van der Waals surface area contributed by atoms with Gasteiger partial charge in [0.05, 0.1) is 19.3 Å². The second-order valence-electron chi connectivity index (χ2n) is 5.57. The van der Waals surface area contributed by atoms with Crippen molar-refractivity contribution in [3.63, 3.8) is 0 Å². The van der Waals surface area contributed by atoms with Gasteiger partial charge in [0.15, 0.2) is 0 Å². The lowest BCUT2D eigenvalue weighted by molar-refractivity contribution is -0.119. The van der Waals surface area contributed by atoms with Crippen LogP contribution in [0, 0.1) is 5.82 Å². The van der Waals surface area contributed by atoms with Gasteiger partial charge in [0, 0.05) is 19.2 Å². The zero-order valence-electron chi connectivity index (χ0n) is 14.8. The second kappa shape index (κ2) is 9.41. The van der Waals surface area contributed by atoms with Crippen molar-refractivity contribution in [3.05, 3.63) is 59.4 Å². The summed E-state index contributed by atoms with van der Waals surface area (Å²) in [6.45, 7) is 0.485. The highest BCUT2D eigenvalue weighted by molar-refractivity contribution is 5.95. The van der Waals surface area contributed by atoms with E-state index in [2.05, 4.69) is 16.0 Å². The minimum absolute atomic E-state index is 0.0387. The van der Waals surface area contributed by atoms with Gasteiger partial charge < -0.3 is 20.7 Å². The fourth-order valence-corrected chi connectivity index (χ4v) is 2.37. The predicted octanol–water partition coefficient (Wildman–Crippen LogP) is 1.96. The van der Waals surface area contributed by atoms with Gasteiger partial charge >= 0.3 is 0 Å². The molecular weight excluding hydrogens is 337 g/mol. The molecule has 6 nitrogen and oxygen atoms in total. The molecule has 7 heteroatoms. The van der Waals surface area contributed by atoms with E-state index in [9.17, 15) is 14.0 Å². The van der Waals surface area contributed by atoms with Crippen molar-refractivity contribution in [2.75, 3.05) is 32.6 Å². The largest absolute Gasteiger partial charge is 0.495 e. The Kier molecular flexibility index (Phi) is 6.96. The summed E-state index contributed by atoms with van der Waals surface area (Å²) in [7, 11) is 3.07. The van der Waals surface area contributed by atoms with E-state index in [1.54, 1.807) is 37.4 Å². The van der Waals surface area contributed by atoms with Crippen LogP contribution in [0.3, 0.4) is 0 Å². The Hall–Kier alpha value is -3.09. The highest BCUT2D eigenvalue weighted by Crippen LogP contribution is 2.25. The first-order valence-electron chi connectivity index (χ1n) is 8.18. The number of nitrogens with one attached hydrogen (secondary N) is 3. The van der Waals surface area contributed by atoms with Gasteiger partial charge in [-0.3, -0.25) is 9.59 Å². The van der Waals surface area contributed by atoms with E-state index in [1.807, 2.05) is 0 Å². The molecule has 0 atom stereocenters. The number of ether oxygens (including phenoxy) is 1. The zero-order valence-corrected chi connectivity index (χ0v) is 14.8. The quantitative estimate of drug-likeness (QED) is 0.673. The van der Waals surface area contributed by atoms with Crippen molar-refractivity contribution in [2.24, 2.45) is 0 Å². The first kappa shape index (κ1) is 19.2. The van der Waals surface area contributed by atoms with Crippen molar-refractivity contribution in [1.29, 1.82) is 0 Å². The second-order valence-corrected chi connectivity index (χ2v) is 5.57. The summed E-state index contributed by atoms with van der Waals surface area (Å²) in [4.78, 5) is 23.7. The van der Waals surface area contributed by atoms with Crippen molar-refractivity contribution < 1.29 is 18.7 Å². The van der Waals surface area contributed by atoms with Gasteiger partial charge in [0.1, 0.15) is 11.6 Å². The molecular formula is C19H22FN3O3. The highest BCUT2D eigenvalue weighted by Gasteiger charge is 2.10. The topological polar surface area (TPSA) is 79.5 Å². The number of anilines is 1. The molecule has 0 saturated heterocycles. The number of hydrogen-bond acceptors (Lipinski definition) is 4. The number of carbonyl (C=O) groups is 2. The van der Waals surface area contributed by atoms with Gasteiger partial charge in [0.2, 0.25) is 5.91 Å². The maximum atomic E-state index is 12.8. The van der Waals surface area contributed by atoms with Crippen LogP contribution in [0.15, 0.2) is 42.5 Å². The summed E-state index contributed by atoms with van der Waals surface area (Å²) in [5.74, 6) is -0.161. The van der Waals surface area contributed by atoms with Gasteiger partial charge in [0.25, 0.3) is 5.91 Å². The molecule has 0 aliphatic carbocycles. The van der Waals surface area contributed by atoms with Crippen LogP contribution in [0.25, 0.3) is 0 Å². The molecule has 0 spiro atoms. The summed E-state index contributed by atoms with van der Waals surface area (Å²) >= 11 is 0. The van der Waals surface area contributed by atoms with E-state index < -0.39 is 0 Å². The molecule has 2 rings (SSSR count). The maximum Gasteiger partial charge on any atom is 0.251 e. The van der Waals surface area contributed by atoms with Gasteiger partial charge in [-0.2, -0.15) is 0 Å².